The predicted octanol–water partition coefficient (Wildman–Crippen LogP) is -0.307. The van der Waals surface area contributed by atoms with E-state index in [1.54, 1.807) is 18.2 Å². The molecule has 66 valence electrons. The quantitative estimate of drug-likeness (QED) is 0.426. The van der Waals surface area contributed by atoms with Crippen LogP contribution in [0.2, 0.25) is 0 Å². The van der Waals surface area contributed by atoms with Crippen molar-refractivity contribution in [3.8, 4) is 0 Å². The molecule has 0 aliphatic carbocycles. The second-order valence-electron chi connectivity index (χ2n) is 2.74. The molecule has 0 bridgehead atoms. The maximum absolute atomic E-state index is 11.4. The van der Waals surface area contributed by atoms with Crippen molar-refractivity contribution in [2.75, 3.05) is 11.6 Å². The molecule has 2 rings (SSSR count). The van der Waals surface area contributed by atoms with Crippen molar-refractivity contribution >= 4 is 16.5 Å². The van der Waals surface area contributed by atoms with Crippen molar-refractivity contribution in [3.05, 3.63) is 34.7 Å². The van der Waals surface area contributed by atoms with Crippen molar-refractivity contribution in [1.29, 1.82) is 0 Å². The van der Waals surface area contributed by atoms with Crippen LogP contribution < -0.4 is 17.1 Å². The minimum absolute atomic E-state index is 0.322. The van der Waals surface area contributed by atoms with E-state index in [-0.39, 0.29) is 5.56 Å². The molecule has 13 heavy (non-hydrogen) atoms. The maximum atomic E-state index is 11.4. The molecule has 0 atom stereocenters. The first-order chi connectivity index (χ1) is 6.18. The number of nitrogen functional groups attached to an aromatic ring is 2. The van der Waals surface area contributed by atoms with Crippen LogP contribution in [0.4, 0.5) is 5.69 Å². The summed E-state index contributed by atoms with van der Waals surface area (Å²) >= 11 is 0. The molecule has 5 heteroatoms. The average molecular weight is 176 g/mol. The molecule has 1 aromatic carbocycles. The lowest BCUT2D eigenvalue weighted by Gasteiger charge is -1.99. The maximum Gasteiger partial charge on any atom is 0.293 e. The van der Waals surface area contributed by atoms with Crippen molar-refractivity contribution < 1.29 is 0 Å². The second kappa shape index (κ2) is 2.48. The molecule has 0 unspecified atom stereocenters. The van der Waals surface area contributed by atoms with Gasteiger partial charge in [0, 0.05) is 11.1 Å². The summed E-state index contributed by atoms with van der Waals surface area (Å²) in [6.07, 6.45) is 1.51. The Hall–Kier alpha value is -2.04. The summed E-state index contributed by atoms with van der Waals surface area (Å²) in [6, 6.07) is 4.98. The van der Waals surface area contributed by atoms with Crippen LogP contribution in [-0.4, -0.2) is 9.89 Å². The lowest BCUT2D eigenvalue weighted by atomic mass is 10.2. The van der Waals surface area contributed by atoms with Gasteiger partial charge in [-0.15, -0.1) is 4.79 Å². The normalized spacial score (nSPS) is 10.5. The highest BCUT2D eigenvalue weighted by Crippen LogP contribution is 2.11. The summed E-state index contributed by atoms with van der Waals surface area (Å²) in [4.78, 5) is 12.2. The molecule has 0 aliphatic heterocycles. The molecule has 1 aromatic heterocycles. The zero-order valence-electron chi connectivity index (χ0n) is 6.77. The summed E-state index contributed by atoms with van der Waals surface area (Å²) in [5, 5.41) is 4.90. The Kier molecular flexibility index (Phi) is 1.45. The van der Waals surface area contributed by atoms with Crippen LogP contribution in [0.5, 0.6) is 0 Å². The van der Waals surface area contributed by atoms with E-state index < -0.39 is 0 Å². The summed E-state index contributed by atoms with van der Waals surface area (Å²) in [5.74, 6) is 5.29. The zero-order chi connectivity index (χ0) is 9.42. The molecule has 0 spiro atoms. The van der Waals surface area contributed by atoms with E-state index in [9.17, 15) is 4.79 Å². The van der Waals surface area contributed by atoms with Crippen LogP contribution in [0.3, 0.4) is 0 Å². The molecule has 2 aromatic rings. The Balaban J connectivity index is 2.95. The molecular weight excluding hydrogens is 168 g/mol. The first-order valence-electron chi connectivity index (χ1n) is 3.71. The first-order valence-corrected chi connectivity index (χ1v) is 3.71. The Morgan fingerprint density at radius 2 is 2.15 bits per heavy atom. The number of nitrogens with zero attached hydrogens (tertiary/aromatic N) is 2. The number of hydrogen-bond acceptors (Lipinski definition) is 4. The van der Waals surface area contributed by atoms with Crippen molar-refractivity contribution in [2.24, 2.45) is 0 Å². The van der Waals surface area contributed by atoms with Crippen LogP contribution in [0.15, 0.2) is 29.2 Å². The van der Waals surface area contributed by atoms with Gasteiger partial charge in [-0.1, -0.05) is 0 Å². The minimum atomic E-state index is -0.322. The highest BCUT2D eigenvalue weighted by Gasteiger charge is 2.00. The van der Waals surface area contributed by atoms with Crippen LogP contribution >= 0.6 is 0 Å². The molecule has 0 aliphatic rings. The first kappa shape index (κ1) is 7.60. The number of benzene rings is 1. The van der Waals surface area contributed by atoms with E-state index >= 15 is 0 Å². The van der Waals surface area contributed by atoms with Crippen LogP contribution in [0.25, 0.3) is 10.8 Å². The lowest BCUT2D eigenvalue weighted by molar-refractivity contribution is 0.776. The largest absolute Gasteiger partial charge is 0.399 e. The fourth-order valence-corrected chi connectivity index (χ4v) is 1.18. The van der Waals surface area contributed by atoms with E-state index in [4.69, 9.17) is 11.6 Å². The van der Waals surface area contributed by atoms with Gasteiger partial charge in [-0.25, -0.2) is 0 Å². The molecule has 5 nitrogen and oxygen atoms in total. The number of nitrogens with two attached hydrogens (primary N) is 2. The van der Waals surface area contributed by atoms with Gasteiger partial charge >= 0.3 is 0 Å². The highest BCUT2D eigenvalue weighted by molar-refractivity contribution is 5.83. The third kappa shape index (κ3) is 1.10. The monoisotopic (exact) mass is 176 g/mol. The molecular formula is C8H8N4O. The molecule has 0 amide bonds. The molecule has 0 fully saturated rings. The van der Waals surface area contributed by atoms with Crippen molar-refractivity contribution in [3.63, 3.8) is 0 Å². The van der Waals surface area contributed by atoms with Crippen molar-refractivity contribution in [2.45, 2.75) is 0 Å². The van der Waals surface area contributed by atoms with Gasteiger partial charge in [-0.05, 0) is 18.2 Å². The minimum Gasteiger partial charge on any atom is -0.399 e. The van der Waals surface area contributed by atoms with Crippen LogP contribution in [0.1, 0.15) is 0 Å². The summed E-state index contributed by atoms with van der Waals surface area (Å²) in [6.45, 7) is 0. The number of aromatic nitrogens is 2. The molecule has 0 saturated heterocycles. The van der Waals surface area contributed by atoms with E-state index in [0.29, 0.717) is 16.5 Å². The number of hydrogen-bond donors (Lipinski definition) is 2. The standard InChI is InChI=1S/C8H8N4O/c9-6-1-2-7-5(3-6)4-11-12(10)8(7)13/h1-4H,9-10H2. The van der Waals surface area contributed by atoms with Crippen LogP contribution in [-0.2, 0) is 0 Å². The fourth-order valence-electron chi connectivity index (χ4n) is 1.18. The Bertz CT molecular complexity index is 517. The molecule has 4 N–H and O–H groups in total. The molecule has 1 heterocycles. The number of fused-ring (bicyclic) bond motifs is 1. The van der Waals surface area contributed by atoms with Gasteiger partial charge in [-0.2, -0.15) is 5.10 Å². The molecule has 0 saturated carbocycles. The Labute approximate surface area is 73.5 Å². The average Bonchev–Trinajstić information content (AvgIpc) is 2.12. The van der Waals surface area contributed by atoms with E-state index in [2.05, 4.69) is 5.10 Å². The smallest absolute Gasteiger partial charge is 0.293 e. The summed E-state index contributed by atoms with van der Waals surface area (Å²) < 4.78 is 0. The summed E-state index contributed by atoms with van der Waals surface area (Å²) in [5.41, 5.74) is 5.82. The number of rotatable bonds is 0. The van der Waals surface area contributed by atoms with Crippen molar-refractivity contribution in [1.82, 2.24) is 9.89 Å². The van der Waals surface area contributed by atoms with Gasteiger partial charge in [-0.3, -0.25) is 4.79 Å². The number of anilines is 1. The van der Waals surface area contributed by atoms with Gasteiger partial charge in [0.1, 0.15) is 0 Å². The highest BCUT2D eigenvalue weighted by atomic mass is 16.1. The van der Waals surface area contributed by atoms with E-state index in [0.717, 1.165) is 4.79 Å². The SMILES string of the molecule is Nc1ccc2c(=O)n(N)ncc2c1. The van der Waals surface area contributed by atoms with E-state index in [1.165, 1.54) is 6.20 Å². The lowest BCUT2D eigenvalue weighted by Crippen LogP contribution is -2.29. The zero-order valence-corrected chi connectivity index (χ0v) is 6.77. The van der Waals surface area contributed by atoms with Crippen LogP contribution in [0, 0.1) is 0 Å². The second-order valence-corrected chi connectivity index (χ2v) is 2.74. The Morgan fingerprint density at radius 3 is 2.92 bits per heavy atom. The van der Waals surface area contributed by atoms with Gasteiger partial charge < -0.3 is 11.6 Å². The fraction of sp³-hybridized carbons (Fsp3) is 0. The summed E-state index contributed by atoms with van der Waals surface area (Å²) in [7, 11) is 0. The third-order valence-electron chi connectivity index (χ3n) is 1.84. The van der Waals surface area contributed by atoms with Gasteiger partial charge in [0.2, 0.25) is 0 Å². The van der Waals surface area contributed by atoms with Gasteiger partial charge in [0.25, 0.3) is 5.56 Å². The Morgan fingerprint density at radius 1 is 1.38 bits per heavy atom. The van der Waals surface area contributed by atoms with E-state index in [1.807, 2.05) is 0 Å². The predicted molar refractivity (Wildman–Crippen MR) is 50.6 cm³/mol. The topological polar surface area (TPSA) is 86.9 Å². The molecule has 0 radical (unpaired) electrons. The van der Waals surface area contributed by atoms with Gasteiger partial charge in [0.05, 0.1) is 11.6 Å². The third-order valence-corrected chi connectivity index (χ3v) is 1.84. The van der Waals surface area contributed by atoms with Gasteiger partial charge in [0.15, 0.2) is 0 Å².